The van der Waals surface area contributed by atoms with E-state index in [9.17, 15) is 4.79 Å². The second-order valence-corrected chi connectivity index (χ2v) is 3.93. The Kier molecular flexibility index (Phi) is 3.74. The van der Waals surface area contributed by atoms with Gasteiger partial charge in [0.25, 0.3) is 5.91 Å². The first-order chi connectivity index (χ1) is 9.15. The van der Waals surface area contributed by atoms with Crippen molar-refractivity contribution in [3.8, 4) is 11.8 Å². The van der Waals surface area contributed by atoms with Crippen LogP contribution in [0.1, 0.15) is 16.1 Å². The molecule has 0 aliphatic heterocycles. The molecule has 19 heavy (non-hydrogen) atoms. The first-order valence-corrected chi connectivity index (χ1v) is 5.67. The number of nitrogens with zero attached hydrogens (tertiary/aromatic N) is 1. The predicted octanol–water partition coefficient (Wildman–Crippen LogP) is 3.07. The number of anilines is 1. The van der Waals surface area contributed by atoms with Gasteiger partial charge in [-0.3, -0.25) is 4.79 Å². The van der Waals surface area contributed by atoms with Crippen LogP contribution in [0.3, 0.4) is 0 Å². The van der Waals surface area contributed by atoms with Gasteiger partial charge < -0.3 is 14.5 Å². The van der Waals surface area contributed by atoms with Crippen LogP contribution in [0.5, 0.6) is 5.75 Å². The fourth-order valence-corrected chi connectivity index (χ4v) is 1.68. The van der Waals surface area contributed by atoms with E-state index in [4.69, 9.17) is 26.0 Å². The van der Waals surface area contributed by atoms with E-state index in [2.05, 4.69) is 5.32 Å². The third-order valence-electron chi connectivity index (χ3n) is 2.40. The normalized spacial score (nSPS) is 9.74. The number of carbonyl (C=O) groups excluding carboxylic acids is 1. The summed E-state index contributed by atoms with van der Waals surface area (Å²) in [5, 5.41) is 11.7. The highest BCUT2D eigenvalue weighted by Gasteiger charge is 2.16. The van der Waals surface area contributed by atoms with E-state index in [0.29, 0.717) is 17.0 Å². The molecule has 0 aliphatic carbocycles. The number of methoxy groups -OCH3 is 1. The van der Waals surface area contributed by atoms with Gasteiger partial charge in [-0.2, -0.15) is 5.26 Å². The zero-order chi connectivity index (χ0) is 13.8. The van der Waals surface area contributed by atoms with E-state index in [1.165, 1.54) is 19.2 Å². The van der Waals surface area contributed by atoms with Crippen molar-refractivity contribution >= 4 is 23.2 Å². The summed E-state index contributed by atoms with van der Waals surface area (Å²) in [6.07, 6.45) is 0. The molecule has 0 saturated heterocycles. The van der Waals surface area contributed by atoms with Crippen LogP contribution in [-0.4, -0.2) is 13.0 Å². The fourth-order valence-electron chi connectivity index (χ4n) is 1.53. The van der Waals surface area contributed by atoms with Gasteiger partial charge in [0.15, 0.2) is 11.0 Å². The third-order valence-corrected chi connectivity index (χ3v) is 2.61. The van der Waals surface area contributed by atoms with Gasteiger partial charge in [0.05, 0.1) is 12.7 Å². The number of hydrogen-bond acceptors (Lipinski definition) is 4. The Morgan fingerprint density at radius 3 is 2.79 bits per heavy atom. The number of furan rings is 1. The summed E-state index contributed by atoms with van der Waals surface area (Å²) in [7, 11) is 1.45. The minimum absolute atomic E-state index is 0.0554. The molecule has 0 bridgehead atoms. The second kappa shape index (κ2) is 5.46. The average Bonchev–Trinajstić information content (AvgIpc) is 2.85. The van der Waals surface area contributed by atoms with Gasteiger partial charge in [-0.05, 0) is 35.9 Å². The van der Waals surface area contributed by atoms with Gasteiger partial charge in [-0.25, -0.2) is 0 Å². The van der Waals surface area contributed by atoms with E-state index >= 15 is 0 Å². The molecule has 5 nitrogen and oxygen atoms in total. The number of para-hydroxylation sites is 1. The number of hydrogen-bond donors (Lipinski definition) is 1. The molecule has 0 spiro atoms. The van der Waals surface area contributed by atoms with Crippen molar-refractivity contribution in [2.45, 2.75) is 0 Å². The maximum Gasteiger partial charge on any atom is 0.291 e. The Bertz CT molecular complexity index is 658. The van der Waals surface area contributed by atoms with Crippen molar-refractivity contribution < 1.29 is 13.9 Å². The molecular weight excluding hydrogens is 268 g/mol. The molecule has 6 heteroatoms. The van der Waals surface area contributed by atoms with Crippen LogP contribution in [0.2, 0.25) is 5.22 Å². The number of halogens is 1. The molecule has 0 fully saturated rings. The topological polar surface area (TPSA) is 75.3 Å². The number of benzene rings is 1. The molecule has 1 aromatic heterocycles. The molecule has 0 atom stereocenters. The maximum absolute atomic E-state index is 11.9. The van der Waals surface area contributed by atoms with E-state index in [1.54, 1.807) is 18.2 Å². The SMILES string of the molecule is COc1cccc(C#N)c1NC(=O)c1ccc(Cl)o1. The first kappa shape index (κ1) is 13.0. The average molecular weight is 277 g/mol. The predicted molar refractivity (Wildman–Crippen MR) is 69.4 cm³/mol. The molecule has 0 saturated carbocycles. The number of nitriles is 1. The Balaban J connectivity index is 2.33. The molecule has 1 N–H and O–H groups in total. The Morgan fingerprint density at radius 2 is 2.21 bits per heavy atom. The minimum Gasteiger partial charge on any atom is -0.495 e. The molecule has 1 aromatic carbocycles. The van der Waals surface area contributed by atoms with E-state index < -0.39 is 5.91 Å². The Hall–Kier alpha value is -2.45. The lowest BCUT2D eigenvalue weighted by atomic mass is 10.1. The molecule has 0 unspecified atom stereocenters. The summed E-state index contributed by atoms with van der Waals surface area (Å²) in [5.74, 6) is -0.0576. The van der Waals surface area contributed by atoms with Crippen LogP contribution in [0.15, 0.2) is 34.7 Å². The van der Waals surface area contributed by atoms with Crippen LogP contribution in [-0.2, 0) is 0 Å². The molecule has 2 aromatic rings. The van der Waals surface area contributed by atoms with Crippen molar-refractivity contribution in [2.24, 2.45) is 0 Å². The molecule has 1 heterocycles. The lowest BCUT2D eigenvalue weighted by Gasteiger charge is -2.10. The zero-order valence-corrected chi connectivity index (χ0v) is 10.7. The second-order valence-electron chi connectivity index (χ2n) is 3.55. The van der Waals surface area contributed by atoms with E-state index in [1.807, 2.05) is 6.07 Å². The highest BCUT2D eigenvalue weighted by molar-refractivity contribution is 6.29. The van der Waals surface area contributed by atoms with Crippen LogP contribution >= 0.6 is 11.6 Å². The molecule has 96 valence electrons. The van der Waals surface area contributed by atoms with Crippen LogP contribution < -0.4 is 10.1 Å². The van der Waals surface area contributed by atoms with E-state index in [0.717, 1.165) is 0 Å². The molecule has 0 aliphatic rings. The summed E-state index contributed by atoms with van der Waals surface area (Å²) in [4.78, 5) is 11.9. The molecule has 2 rings (SSSR count). The van der Waals surface area contributed by atoms with Crippen molar-refractivity contribution in [3.05, 3.63) is 46.9 Å². The van der Waals surface area contributed by atoms with Gasteiger partial charge in [-0.15, -0.1) is 0 Å². The van der Waals surface area contributed by atoms with Gasteiger partial charge in [0.1, 0.15) is 17.5 Å². The first-order valence-electron chi connectivity index (χ1n) is 5.29. The molecule has 1 amide bonds. The summed E-state index contributed by atoms with van der Waals surface area (Å²) < 4.78 is 10.1. The van der Waals surface area contributed by atoms with Gasteiger partial charge in [-0.1, -0.05) is 6.07 Å². The smallest absolute Gasteiger partial charge is 0.291 e. The summed E-state index contributed by atoms with van der Waals surface area (Å²) in [5.41, 5.74) is 0.593. The van der Waals surface area contributed by atoms with Crippen LogP contribution in [0, 0.1) is 11.3 Å². The largest absolute Gasteiger partial charge is 0.495 e. The Morgan fingerprint density at radius 1 is 1.42 bits per heavy atom. The number of carbonyl (C=O) groups is 1. The summed E-state index contributed by atoms with van der Waals surface area (Å²) in [6, 6.07) is 9.77. The van der Waals surface area contributed by atoms with E-state index in [-0.39, 0.29) is 11.0 Å². The van der Waals surface area contributed by atoms with Crippen molar-refractivity contribution in [2.75, 3.05) is 12.4 Å². The molecule has 0 radical (unpaired) electrons. The van der Waals surface area contributed by atoms with Crippen molar-refractivity contribution in [1.29, 1.82) is 5.26 Å². The summed E-state index contributed by atoms with van der Waals surface area (Å²) >= 11 is 5.60. The standard InChI is InChI=1S/C13H9ClN2O3/c1-18-9-4-2-3-8(7-15)12(9)16-13(17)10-5-6-11(14)19-10/h2-6H,1H3,(H,16,17). The number of amides is 1. The van der Waals surface area contributed by atoms with Crippen LogP contribution in [0.25, 0.3) is 0 Å². The molecular formula is C13H9ClN2O3. The van der Waals surface area contributed by atoms with Gasteiger partial charge in [0.2, 0.25) is 0 Å². The zero-order valence-electron chi connectivity index (χ0n) is 9.94. The maximum atomic E-state index is 11.9. The van der Waals surface area contributed by atoms with Crippen molar-refractivity contribution in [3.63, 3.8) is 0 Å². The van der Waals surface area contributed by atoms with Gasteiger partial charge in [0, 0.05) is 0 Å². The number of ether oxygens (including phenoxy) is 1. The lowest BCUT2D eigenvalue weighted by Crippen LogP contribution is -2.12. The highest BCUT2D eigenvalue weighted by atomic mass is 35.5. The number of rotatable bonds is 3. The quantitative estimate of drug-likeness (QED) is 0.935. The third kappa shape index (κ3) is 2.69. The monoisotopic (exact) mass is 276 g/mol. The van der Waals surface area contributed by atoms with Gasteiger partial charge >= 0.3 is 0 Å². The van der Waals surface area contributed by atoms with Crippen molar-refractivity contribution in [1.82, 2.24) is 0 Å². The number of nitrogens with one attached hydrogen (secondary N) is 1. The lowest BCUT2D eigenvalue weighted by molar-refractivity contribution is 0.0996. The Labute approximate surface area is 114 Å². The highest BCUT2D eigenvalue weighted by Crippen LogP contribution is 2.28. The summed E-state index contributed by atoms with van der Waals surface area (Å²) in [6.45, 7) is 0. The fraction of sp³-hybridized carbons (Fsp3) is 0.0769. The minimum atomic E-state index is -0.507. The van der Waals surface area contributed by atoms with Crippen LogP contribution in [0.4, 0.5) is 5.69 Å².